The second kappa shape index (κ2) is 7.57. The van der Waals surface area contributed by atoms with E-state index in [4.69, 9.17) is 4.74 Å². The maximum Gasteiger partial charge on any atom is 0.293 e. The van der Waals surface area contributed by atoms with Crippen molar-refractivity contribution >= 4 is 29.0 Å². The van der Waals surface area contributed by atoms with Gasteiger partial charge in [0, 0.05) is 12.1 Å². The average molecular weight is 353 g/mol. The van der Waals surface area contributed by atoms with Gasteiger partial charge in [-0.05, 0) is 43.3 Å². The third-order valence-corrected chi connectivity index (χ3v) is 4.82. The monoisotopic (exact) mass is 353 g/mol. The Kier molecular flexibility index (Phi) is 5.24. The van der Waals surface area contributed by atoms with E-state index in [-0.39, 0.29) is 11.1 Å². The summed E-state index contributed by atoms with van der Waals surface area (Å²) in [5.74, 6) is 0.442. The normalized spacial score (nSPS) is 15.9. The number of aryl methyl sites for hydroxylation is 1. The minimum absolute atomic E-state index is 0.225. The summed E-state index contributed by atoms with van der Waals surface area (Å²) < 4.78 is 5.92. The molecule has 3 rings (SSSR count). The molecule has 0 saturated carbocycles. The number of benzene rings is 2. The van der Waals surface area contributed by atoms with Gasteiger partial charge in [0.2, 0.25) is 0 Å². The minimum atomic E-state index is -0.245. The van der Waals surface area contributed by atoms with Gasteiger partial charge < -0.3 is 4.74 Å². The van der Waals surface area contributed by atoms with Crippen molar-refractivity contribution < 1.29 is 14.3 Å². The molecule has 0 unspecified atom stereocenters. The molecule has 2 aromatic rings. The first-order valence-electron chi connectivity index (χ1n) is 8.11. The molecule has 128 valence electrons. The average Bonchev–Trinajstić information content (AvgIpc) is 2.88. The van der Waals surface area contributed by atoms with Gasteiger partial charge in [0.25, 0.3) is 11.1 Å². The predicted molar refractivity (Wildman–Crippen MR) is 100 cm³/mol. The van der Waals surface area contributed by atoms with Crippen molar-refractivity contribution in [2.75, 3.05) is 6.54 Å². The number of likely N-dealkylation sites (N-methyl/N-ethyl adjacent to an activating group) is 1. The van der Waals surface area contributed by atoms with Gasteiger partial charge >= 0.3 is 0 Å². The van der Waals surface area contributed by atoms with Crippen molar-refractivity contribution in [3.8, 4) is 5.75 Å². The van der Waals surface area contributed by atoms with Gasteiger partial charge in [-0.25, -0.2) is 0 Å². The van der Waals surface area contributed by atoms with E-state index < -0.39 is 0 Å². The van der Waals surface area contributed by atoms with E-state index >= 15 is 0 Å². The van der Waals surface area contributed by atoms with Crippen LogP contribution in [0.2, 0.25) is 0 Å². The lowest BCUT2D eigenvalue weighted by Crippen LogP contribution is -2.27. The summed E-state index contributed by atoms with van der Waals surface area (Å²) in [5, 5.41) is -0.225. The van der Waals surface area contributed by atoms with Crippen molar-refractivity contribution in [2.45, 2.75) is 20.5 Å². The van der Waals surface area contributed by atoms with E-state index in [1.807, 2.05) is 55.5 Å². The highest BCUT2D eigenvalue weighted by atomic mass is 32.2. The van der Waals surface area contributed by atoms with Gasteiger partial charge in [-0.3, -0.25) is 14.5 Å². The van der Waals surface area contributed by atoms with Crippen LogP contribution in [0.15, 0.2) is 53.4 Å². The molecule has 0 radical (unpaired) electrons. The molecule has 0 aromatic heterocycles. The number of carbonyl (C=O) groups excluding carboxylic acids is 2. The third kappa shape index (κ3) is 3.94. The van der Waals surface area contributed by atoms with E-state index in [9.17, 15) is 9.59 Å². The lowest BCUT2D eigenvalue weighted by molar-refractivity contribution is -0.122. The molecule has 2 aromatic carbocycles. The number of para-hydroxylation sites is 1. The zero-order valence-corrected chi connectivity index (χ0v) is 15.0. The molecular weight excluding hydrogens is 334 g/mol. The minimum Gasteiger partial charge on any atom is -0.488 e. The van der Waals surface area contributed by atoms with E-state index in [0.717, 1.165) is 22.9 Å². The summed E-state index contributed by atoms with van der Waals surface area (Å²) in [6, 6.07) is 15.7. The smallest absolute Gasteiger partial charge is 0.293 e. The van der Waals surface area contributed by atoms with E-state index in [1.165, 1.54) is 10.5 Å². The number of carbonyl (C=O) groups is 2. The van der Waals surface area contributed by atoms with Crippen LogP contribution in [0.25, 0.3) is 6.08 Å². The summed E-state index contributed by atoms with van der Waals surface area (Å²) >= 11 is 0.969. The second-order valence-corrected chi connectivity index (χ2v) is 6.73. The lowest BCUT2D eigenvalue weighted by atomic mass is 10.1. The van der Waals surface area contributed by atoms with Crippen molar-refractivity contribution in [1.82, 2.24) is 4.90 Å². The number of amides is 2. The molecule has 1 fully saturated rings. The lowest BCUT2D eigenvalue weighted by Gasteiger charge is -2.10. The van der Waals surface area contributed by atoms with Crippen molar-refractivity contribution in [2.24, 2.45) is 0 Å². The molecule has 4 nitrogen and oxygen atoms in total. The number of nitrogens with zero attached hydrogens (tertiary/aromatic N) is 1. The van der Waals surface area contributed by atoms with Gasteiger partial charge in [-0.15, -0.1) is 0 Å². The quantitative estimate of drug-likeness (QED) is 0.735. The summed E-state index contributed by atoms with van der Waals surface area (Å²) in [5.41, 5.74) is 3.07. The summed E-state index contributed by atoms with van der Waals surface area (Å²) in [4.78, 5) is 25.8. The molecule has 1 aliphatic rings. The van der Waals surface area contributed by atoms with Crippen molar-refractivity contribution in [1.29, 1.82) is 0 Å². The Hall–Kier alpha value is -2.53. The fraction of sp³-hybridized carbons (Fsp3) is 0.200. The first-order chi connectivity index (χ1) is 12.1. The molecule has 0 N–H and O–H groups in total. The summed E-state index contributed by atoms with van der Waals surface area (Å²) in [6.07, 6.45) is 1.73. The van der Waals surface area contributed by atoms with Crippen LogP contribution < -0.4 is 4.74 Å². The van der Waals surface area contributed by atoms with Gasteiger partial charge in [0.05, 0.1) is 4.91 Å². The van der Waals surface area contributed by atoms with Gasteiger partial charge in [-0.1, -0.05) is 48.0 Å². The van der Waals surface area contributed by atoms with Crippen LogP contribution in [0.3, 0.4) is 0 Å². The molecule has 1 aliphatic heterocycles. The van der Waals surface area contributed by atoms with Crippen LogP contribution in [0.1, 0.15) is 23.6 Å². The standard InChI is InChI=1S/C20H19NO3S/c1-3-21-19(22)18(25-20(21)23)12-16-6-4-5-7-17(16)24-13-15-10-8-14(2)9-11-15/h4-12H,3,13H2,1-2H3/b18-12+. The van der Waals surface area contributed by atoms with Gasteiger partial charge in [0.15, 0.2) is 0 Å². The number of hydrogen-bond donors (Lipinski definition) is 0. The Balaban J connectivity index is 1.79. The maximum atomic E-state index is 12.2. The maximum absolute atomic E-state index is 12.2. The fourth-order valence-corrected chi connectivity index (χ4v) is 3.38. The van der Waals surface area contributed by atoms with Crippen LogP contribution in [0.4, 0.5) is 4.79 Å². The zero-order chi connectivity index (χ0) is 17.8. The number of rotatable bonds is 5. The highest BCUT2D eigenvalue weighted by Crippen LogP contribution is 2.33. The Labute approximate surface area is 151 Å². The SMILES string of the molecule is CCN1C(=O)S/C(=C/c2ccccc2OCc2ccc(C)cc2)C1=O. The summed E-state index contributed by atoms with van der Waals surface area (Å²) in [6.45, 7) is 4.66. The Morgan fingerprint density at radius 3 is 2.48 bits per heavy atom. The fourth-order valence-electron chi connectivity index (χ4n) is 2.49. The Bertz CT molecular complexity index is 827. The van der Waals surface area contributed by atoms with E-state index in [2.05, 4.69) is 0 Å². The zero-order valence-electron chi connectivity index (χ0n) is 14.2. The third-order valence-electron chi connectivity index (χ3n) is 3.91. The van der Waals surface area contributed by atoms with E-state index in [0.29, 0.717) is 23.8 Å². The molecule has 2 amide bonds. The van der Waals surface area contributed by atoms with Crippen molar-refractivity contribution in [3.05, 3.63) is 70.1 Å². The molecule has 0 bridgehead atoms. The van der Waals surface area contributed by atoms with Crippen LogP contribution in [0, 0.1) is 6.92 Å². The highest BCUT2D eigenvalue weighted by Gasteiger charge is 2.33. The molecule has 0 aliphatic carbocycles. The molecule has 0 atom stereocenters. The molecule has 25 heavy (non-hydrogen) atoms. The molecule has 0 spiro atoms. The van der Waals surface area contributed by atoms with Crippen LogP contribution in [-0.2, 0) is 11.4 Å². The van der Waals surface area contributed by atoms with Crippen molar-refractivity contribution in [3.63, 3.8) is 0 Å². The predicted octanol–water partition coefficient (Wildman–Crippen LogP) is 4.63. The Morgan fingerprint density at radius 2 is 1.80 bits per heavy atom. The molecule has 1 saturated heterocycles. The van der Waals surface area contributed by atoms with Gasteiger partial charge in [0.1, 0.15) is 12.4 Å². The van der Waals surface area contributed by atoms with E-state index in [1.54, 1.807) is 13.0 Å². The number of hydrogen-bond acceptors (Lipinski definition) is 4. The largest absolute Gasteiger partial charge is 0.488 e. The van der Waals surface area contributed by atoms with Gasteiger partial charge in [-0.2, -0.15) is 0 Å². The molecule has 1 heterocycles. The van der Waals surface area contributed by atoms with Crippen LogP contribution in [0.5, 0.6) is 5.75 Å². The summed E-state index contributed by atoms with van der Waals surface area (Å²) in [7, 11) is 0. The Morgan fingerprint density at radius 1 is 1.08 bits per heavy atom. The number of imide groups is 1. The number of ether oxygens (including phenoxy) is 1. The molecule has 5 heteroatoms. The highest BCUT2D eigenvalue weighted by molar-refractivity contribution is 8.18. The first kappa shape index (κ1) is 17.3. The van der Waals surface area contributed by atoms with Crippen LogP contribution >= 0.6 is 11.8 Å². The number of thioether (sulfide) groups is 1. The topological polar surface area (TPSA) is 46.6 Å². The second-order valence-electron chi connectivity index (χ2n) is 5.74. The molecular formula is C20H19NO3S. The van der Waals surface area contributed by atoms with Crippen LogP contribution in [-0.4, -0.2) is 22.6 Å². The first-order valence-corrected chi connectivity index (χ1v) is 8.93.